The molecule has 3 aromatic rings. The molecule has 17 heteroatoms. The van der Waals surface area contributed by atoms with Crippen molar-refractivity contribution in [1.29, 1.82) is 0 Å². The first-order valence-corrected chi connectivity index (χ1v) is 15.2. The Kier molecular flexibility index (Phi) is 8.61. The molecule has 4 rings (SSSR count). The van der Waals surface area contributed by atoms with E-state index in [1.807, 2.05) is 0 Å². The van der Waals surface area contributed by atoms with Crippen LogP contribution in [0.3, 0.4) is 0 Å². The fourth-order valence-electron chi connectivity index (χ4n) is 4.28. The minimum absolute atomic E-state index is 0.0622. The molecule has 6 N–H and O–H groups in total. The van der Waals surface area contributed by atoms with Crippen molar-refractivity contribution in [2.45, 2.75) is 31.4 Å². The Labute approximate surface area is 220 Å². The van der Waals surface area contributed by atoms with Gasteiger partial charge in [0, 0.05) is 11.5 Å². The van der Waals surface area contributed by atoms with Gasteiger partial charge in [-0.15, -0.1) is 0 Å². The molecule has 0 bridgehead atoms. The van der Waals surface area contributed by atoms with Crippen molar-refractivity contribution < 1.29 is 47.7 Å². The lowest BCUT2D eigenvalue weighted by Gasteiger charge is -2.19. The third-order valence-electron chi connectivity index (χ3n) is 6.06. The van der Waals surface area contributed by atoms with Crippen LogP contribution < -0.4 is 5.32 Å². The van der Waals surface area contributed by atoms with Crippen LogP contribution in [0.5, 0.6) is 0 Å². The minimum Gasteiger partial charge on any atom is -0.396 e. The van der Waals surface area contributed by atoms with Gasteiger partial charge in [0.05, 0.1) is 42.6 Å². The summed E-state index contributed by atoms with van der Waals surface area (Å²) < 4.78 is 49.2. The number of aliphatic hydroxyl groups is 2. The molecule has 1 aromatic carbocycles. The molecule has 2 aromatic heterocycles. The lowest BCUT2D eigenvalue weighted by Crippen LogP contribution is -2.31. The number of nitrogens with zero attached hydrogens (tertiary/aromatic N) is 3. The quantitative estimate of drug-likeness (QED) is 0.148. The number of ether oxygens (including phenoxy) is 1. The zero-order valence-corrected chi connectivity index (χ0v) is 22.4. The maximum Gasteiger partial charge on any atom is 0.340 e. The van der Waals surface area contributed by atoms with E-state index in [9.17, 15) is 28.6 Å². The summed E-state index contributed by atoms with van der Waals surface area (Å²) in [6.45, 7) is 0.517. The van der Waals surface area contributed by atoms with Gasteiger partial charge in [0.1, 0.15) is 17.1 Å². The lowest BCUT2D eigenvalue weighted by molar-refractivity contribution is -0.0533. The summed E-state index contributed by atoms with van der Waals surface area (Å²) in [6, 6.07) is 7.35. The average molecular weight is 595 g/mol. The maximum atomic E-state index is 14.3. The minimum atomic E-state index is -4.84. The first kappa shape index (κ1) is 29.0. The van der Waals surface area contributed by atoms with Crippen molar-refractivity contribution in [2.75, 3.05) is 24.4 Å². The van der Waals surface area contributed by atoms with E-state index >= 15 is 0 Å². The first-order chi connectivity index (χ1) is 17.8. The fraction of sp³-hybridized carbons (Fsp3) is 0.429. The number of halogens is 2. The van der Waals surface area contributed by atoms with Gasteiger partial charge < -0.3 is 39.5 Å². The number of anilines is 1. The summed E-state index contributed by atoms with van der Waals surface area (Å²) in [7, 11) is -9.54. The van der Waals surface area contributed by atoms with Crippen LogP contribution in [0.15, 0.2) is 36.5 Å². The SMILES string of the molecule is C[C@H](Nc1cc(Cl)nc2c1cnn2[C@@H]1O[C@H](COP(=O)(O)CP(=O)(O)O)C(CO)[C@H]1O)c1ccccc1F. The molecule has 0 aliphatic carbocycles. The number of aliphatic hydroxyl groups excluding tert-OH is 2. The maximum absolute atomic E-state index is 14.3. The number of pyridine rings is 1. The van der Waals surface area contributed by atoms with E-state index in [2.05, 4.69) is 15.4 Å². The van der Waals surface area contributed by atoms with E-state index < -0.39 is 70.5 Å². The van der Waals surface area contributed by atoms with Crippen molar-refractivity contribution >= 4 is 43.5 Å². The van der Waals surface area contributed by atoms with Crippen LogP contribution in [0.25, 0.3) is 11.0 Å². The Bertz CT molecular complexity index is 1410. The van der Waals surface area contributed by atoms with Gasteiger partial charge in [-0.25, -0.2) is 14.1 Å². The van der Waals surface area contributed by atoms with Crippen LogP contribution in [0.1, 0.15) is 24.8 Å². The smallest absolute Gasteiger partial charge is 0.340 e. The number of benzene rings is 1. The molecule has 0 radical (unpaired) electrons. The fourth-order valence-corrected chi connectivity index (χ4v) is 7.03. The highest BCUT2D eigenvalue weighted by atomic mass is 35.5. The second-order valence-electron chi connectivity index (χ2n) is 8.85. The van der Waals surface area contributed by atoms with E-state index in [0.717, 1.165) is 0 Å². The van der Waals surface area contributed by atoms with Crippen LogP contribution in [-0.4, -0.2) is 71.0 Å². The molecule has 1 fully saturated rings. The predicted octanol–water partition coefficient (Wildman–Crippen LogP) is 2.60. The molecular weight excluding hydrogens is 569 g/mol. The van der Waals surface area contributed by atoms with Gasteiger partial charge in [0.25, 0.3) is 0 Å². The molecule has 0 amide bonds. The van der Waals surface area contributed by atoms with Gasteiger partial charge in [0.15, 0.2) is 17.8 Å². The Morgan fingerprint density at radius 1 is 1.29 bits per heavy atom. The number of fused-ring (bicyclic) bond motifs is 1. The number of aromatic nitrogens is 3. The van der Waals surface area contributed by atoms with Crippen molar-refractivity contribution in [3.8, 4) is 0 Å². The third kappa shape index (κ3) is 6.43. The van der Waals surface area contributed by atoms with Crippen molar-refractivity contribution in [2.24, 2.45) is 5.92 Å². The molecule has 2 unspecified atom stereocenters. The second-order valence-corrected chi connectivity index (χ2v) is 13.2. The molecule has 3 heterocycles. The van der Waals surface area contributed by atoms with E-state index in [1.54, 1.807) is 25.1 Å². The molecule has 208 valence electrons. The normalized spacial score (nSPS) is 24.4. The molecule has 1 aliphatic heterocycles. The second kappa shape index (κ2) is 11.3. The summed E-state index contributed by atoms with van der Waals surface area (Å²) >= 11 is 6.24. The summed E-state index contributed by atoms with van der Waals surface area (Å²) in [4.78, 5) is 31.9. The van der Waals surface area contributed by atoms with E-state index in [-0.39, 0.29) is 10.8 Å². The molecular formula is C21H26ClFN4O9P2. The van der Waals surface area contributed by atoms with Crippen molar-refractivity contribution in [3.63, 3.8) is 0 Å². The predicted molar refractivity (Wildman–Crippen MR) is 134 cm³/mol. The third-order valence-corrected chi connectivity index (χ3v) is 9.71. The van der Waals surface area contributed by atoms with Gasteiger partial charge in [-0.2, -0.15) is 5.10 Å². The molecule has 0 saturated carbocycles. The summed E-state index contributed by atoms with van der Waals surface area (Å²) in [5, 5.41) is 28.6. The highest BCUT2D eigenvalue weighted by Crippen LogP contribution is 2.55. The standard InChI is InChI=1S/C21H26ClFN4O9P2/c1-11(12-4-2-3-5-15(12)23)25-16-6-18(22)26-20-13(16)7-24-27(20)21-19(29)14(8-28)17(36-21)9-35-38(33,34)10-37(30,31)32/h2-7,11,14,17,19,21,28-29H,8-10H2,1H3,(H,25,26)(H,33,34)(H2,30,31,32)/t11-,14?,17+,19+,21+/m0/s1. The Balaban J connectivity index is 1.58. The van der Waals surface area contributed by atoms with Gasteiger partial charge >= 0.3 is 15.2 Å². The molecule has 1 aliphatic rings. The van der Waals surface area contributed by atoms with Gasteiger partial charge in [-0.3, -0.25) is 9.13 Å². The zero-order chi connectivity index (χ0) is 27.8. The Morgan fingerprint density at radius 2 is 2.00 bits per heavy atom. The molecule has 0 spiro atoms. The van der Waals surface area contributed by atoms with E-state index in [1.165, 1.54) is 23.0 Å². The average Bonchev–Trinajstić information content (AvgIpc) is 3.36. The van der Waals surface area contributed by atoms with Gasteiger partial charge in [0.2, 0.25) is 0 Å². The number of hydrogen-bond acceptors (Lipinski definition) is 9. The summed E-state index contributed by atoms with van der Waals surface area (Å²) in [6.07, 6.45) is -2.29. The topological polar surface area (TPSA) is 196 Å². The van der Waals surface area contributed by atoms with Crippen LogP contribution >= 0.6 is 26.8 Å². The summed E-state index contributed by atoms with van der Waals surface area (Å²) in [5.41, 5.74) is 1.09. The molecule has 13 nitrogen and oxygen atoms in total. The monoisotopic (exact) mass is 594 g/mol. The highest BCUT2D eigenvalue weighted by molar-refractivity contribution is 7.70. The lowest BCUT2D eigenvalue weighted by atomic mass is 10.00. The molecule has 1 saturated heterocycles. The van der Waals surface area contributed by atoms with Crippen molar-refractivity contribution in [3.05, 3.63) is 53.1 Å². The van der Waals surface area contributed by atoms with Gasteiger partial charge in [-0.1, -0.05) is 29.8 Å². The largest absolute Gasteiger partial charge is 0.396 e. The van der Waals surface area contributed by atoms with Gasteiger partial charge in [-0.05, 0) is 19.1 Å². The number of hydrogen-bond donors (Lipinski definition) is 6. The van der Waals surface area contributed by atoms with Crippen LogP contribution in [0.2, 0.25) is 5.15 Å². The number of nitrogens with one attached hydrogen (secondary N) is 1. The van der Waals surface area contributed by atoms with E-state index in [4.69, 9.17) is 30.6 Å². The van der Waals surface area contributed by atoms with Crippen LogP contribution in [-0.2, 0) is 18.4 Å². The number of rotatable bonds is 10. The van der Waals surface area contributed by atoms with Crippen LogP contribution in [0.4, 0.5) is 10.1 Å². The van der Waals surface area contributed by atoms with Crippen molar-refractivity contribution in [1.82, 2.24) is 14.8 Å². The first-order valence-electron chi connectivity index (χ1n) is 11.3. The Hall–Kier alpha value is -1.96. The Morgan fingerprint density at radius 3 is 2.66 bits per heavy atom. The molecule has 6 atom stereocenters. The van der Waals surface area contributed by atoms with E-state index in [0.29, 0.717) is 16.6 Å². The van der Waals surface area contributed by atoms with Crippen LogP contribution in [0, 0.1) is 11.7 Å². The summed E-state index contributed by atoms with van der Waals surface area (Å²) in [5.74, 6) is -2.78. The zero-order valence-electron chi connectivity index (χ0n) is 19.8. The highest BCUT2D eigenvalue weighted by Gasteiger charge is 2.46. The molecule has 38 heavy (non-hydrogen) atoms.